The van der Waals surface area contributed by atoms with Crippen molar-refractivity contribution in [2.75, 3.05) is 5.43 Å². The molecular weight excluding hydrogens is 338 g/mol. The van der Waals surface area contributed by atoms with E-state index in [4.69, 9.17) is 10.2 Å². The third-order valence-corrected chi connectivity index (χ3v) is 2.29. The van der Waals surface area contributed by atoms with Gasteiger partial charge in [0.1, 0.15) is 0 Å². The standard InChI is InChI=1S/C11H6F6N2O4/c12-10(13,14)4-1-5(11(15,16)17)3-6(2-4)18-19-7(8(20)21)9(22)23/h1-3,18H,(H,20,21)(H,22,23). The molecule has 0 radical (unpaired) electrons. The Hall–Kier alpha value is -2.79. The maximum absolute atomic E-state index is 12.6. The van der Waals surface area contributed by atoms with Gasteiger partial charge >= 0.3 is 24.3 Å². The highest BCUT2D eigenvalue weighted by Crippen LogP contribution is 2.37. The molecule has 0 heterocycles. The van der Waals surface area contributed by atoms with Crippen LogP contribution in [-0.4, -0.2) is 27.9 Å². The van der Waals surface area contributed by atoms with E-state index in [0.29, 0.717) is 0 Å². The van der Waals surface area contributed by atoms with Crippen LogP contribution in [0.4, 0.5) is 32.0 Å². The molecule has 0 amide bonds. The van der Waals surface area contributed by atoms with Crippen molar-refractivity contribution in [3.05, 3.63) is 29.3 Å². The molecule has 0 spiro atoms. The molecule has 6 nitrogen and oxygen atoms in total. The first-order valence-electron chi connectivity index (χ1n) is 5.42. The number of carboxylic acids is 2. The maximum Gasteiger partial charge on any atom is 0.416 e. The van der Waals surface area contributed by atoms with Crippen molar-refractivity contribution in [2.24, 2.45) is 5.10 Å². The summed E-state index contributed by atoms with van der Waals surface area (Å²) < 4.78 is 75.4. The highest BCUT2D eigenvalue weighted by molar-refractivity contribution is 6.61. The highest BCUT2D eigenvalue weighted by Gasteiger charge is 2.37. The minimum atomic E-state index is -5.11. The number of halogens is 6. The predicted molar refractivity (Wildman–Crippen MR) is 62.8 cm³/mol. The highest BCUT2D eigenvalue weighted by atomic mass is 19.4. The number of nitrogens with one attached hydrogen (secondary N) is 1. The lowest BCUT2D eigenvalue weighted by atomic mass is 10.1. The van der Waals surface area contributed by atoms with E-state index in [2.05, 4.69) is 5.10 Å². The van der Waals surface area contributed by atoms with Gasteiger partial charge in [0.05, 0.1) is 16.8 Å². The lowest BCUT2D eigenvalue weighted by Gasteiger charge is -2.13. The van der Waals surface area contributed by atoms with Gasteiger partial charge in [-0.2, -0.15) is 31.4 Å². The molecule has 12 heteroatoms. The van der Waals surface area contributed by atoms with Gasteiger partial charge in [0.15, 0.2) is 0 Å². The van der Waals surface area contributed by atoms with E-state index in [0.717, 1.165) is 0 Å². The number of nitrogens with zero attached hydrogens (tertiary/aromatic N) is 1. The number of carbonyl (C=O) groups is 2. The van der Waals surface area contributed by atoms with Crippen molar-refractivity contribution < 1.29 is 46.1 Å². The van der Waals surface area contributed by atoms with Gasteiger partial charge in [-0.15, -0.1) is 0 Å². The van der Waals surface area contributed by atoms with E-state index >= 15 is 0 Å². The SMILES string of the molecule is O=C(O)C(=NNc1cc(C(F)(F)F)cc(C(F)(F)F)c1)C(=O)O. The van der Waals surface area contributed by atoms with E-state index in [1.54, 1.807) is 5.43 Å². The second-order valence-corrected chi connectivity index (χ2v) is 3.98. The van der Waals surface area contributed by atoms with Crippen molar-refractivity contribution in [3.63, 3.8) is 0 Å². The Morgan fingerprint density at radius 1 is 0.870 bits per heavy atom. The number of hydrogen-bond acceptors (Lipinski definition) is 4. The van der Waals surface area contributed by atoms with Crippen LogP contribution in [0.15, 0.2) is 23.3 Å². The first-order chi connectivity index (χ1) is 10.3. The van der Waals surface area contributed by atoms with Crippen LogP contribution in [0.1, 0.15) is 11.1 Å². The second-order valence-electron chi connectivity index (χ2n) is 3.98. The molecule has 0 unspecified atom stereocenters. The first-order valence-corrected chi connectivity index (χ1v) is 5.42. The van der Waals surface area contributed by atoms with E-state index in [1.165, 1.54) is 0 Å². The summed E-state index contributed by atoms with van der Waals surface area (Å²) in [6, 6.07) is 0.296. The van der Waals surface area contributed by atoms with Crippen LogP contribution < -0.4 is 5.43 Å². The van der Waals surface area contributed by atoms with Gasteiger partial charge in [-0.1, -0.05) is 0 Å². The average molecular weight is 344 g/mol. The summed E-state index contributed by atoms with van der Waals surface area (Å²) in [5, 5.41) is 19.7. The Labute approximate surface area is 123 Å². The van der Waals surface area contributed by atoms with Crippen LogP contribution in [-0.2, 0) is 21.9 Å². The van der Waals surface area contributed by atoms with Crippen LogP contribution >= 0.6 is 0 Å². The molecule has 1 rings (SSSR count). The number of rotatable bonds is 4. The third kappa shape index (κ3) is 4.86. The largest absolute Gasteiger partial charge is 0.476 e. The molecule has 0 saturated carbocycles. The number of carboxylic acid groups (broad SMARTS) is 2. The fourth-order valence-electron chi connectivity index (χ4n) is 1.33. The first kappa shape index (κ1) is 18.3. The van der Waals surface area contributed by atoms with Crippen molar-refractivity contribution in [3.8, 4) is 0 Å². The summed E-state index contributed by atoms with van der Waals surface area (Å²) in [4.78, 5) is 21.0. The van der Waals surface area contributed by atoms with E-state index in [9.17, 15) is 35.9 Å². The van der Waals surface area contributed by atoms with E-state index in [-0.39, 0.29) is 18.2 Å². The zero-order valence-corrected chi connectivity index (χ0v) is 10.7. The fraction of sp³-hybridized carbons (Fsp3) is 0.182. The smallest absolute Gasteiger partial charge is 0.416 e. The van der Waals surface area contributed by atoms with Crippen molar-refractivity contribution in [2.45, 2.75) is 12.4 Å². The molecule has 1 aromatic carbocycles. The zero-order chi connectivity index (χ0) is 18.0. The quantitative estimate of drug-likeness (QED) is 0.338. The Kier molecular flexibility index (Phi) is 4.87. The fourth-order valence-corrected chi connectivity index (χ4v) is 1.33. The van der Waals surface area contributed by atoms with Gasteiger partial charge in [0, 0.05) is 0 Å². The van der Waals surface area contributed by atoms with Gasteiger partial charge in [0.2, 0.25) is 0 Å². The Morgan fingerprint density at radius 2 is 1.26 bits per heavy atom. The monoisotopic (exact) mass is 344 g/mol. The van der Waals surface area contributed by atoms with Gasteiger partial charge in [-0.25, -0.2) is 9.59 Å². The number of benzene rings is 1. The molecule has 0 saturated heterocycles. The molecular formula is C11H6F6N2O4. The molecule has 126 valence electrons. The summed E-state index contributed by atoms with van der Waals surface area (Å²) in [6.45, 7) is 0. The molecule has 23 heavy (non-hydrogen) atoms. The summed E-state index contributed by atoms with van der Waals surface area (Å²) in [7, 11) is 0. The summed E-state index contributed by atoms with van der Waals surface area (Å²) in [5.41, 5.74) is -4.18. The lowest BCUT2D eigenvalue weighted by Crippen LogP contribution is -2.24. The van der Waals surface area contributed by atoms with Crippen LogP contribution in [0.3, 0.4) is 0 Å². The minimum absolute atomic E-state index is 0.149. The summed E-state index contributed by atoms with van der Waals surface area (Å²) in [6.07, 6.45) is -10.2. The van der Waals surface area contributed by atoms with Crippen LogP contribution in [0, 0.1) is 0 Å². The maximum atomic E-state index is 12.6. The van der Waals surface area contributed by atoms with Gasteiger partial charge < -0.3 is 10.2 Å². The van der Waals surface area contributed by atoms with Crippen molar-refractivity contribution in [1.82, 2.24) is 0 Å². The molecule has 0 bridgehead atoms. The number of hydrogen-bond donors (Lipinski definition) is 3. The van der Waals surface area contributed by atoms with Crippen LogP contribution in [0.5, 0.6) is 0 Å². The molecule has 0 aromatic heterocycles. The van der Waals surface area contributed by atoms with E-state index in [1.807, 2.05) is 0 Å². The van der Waals surface area contributed by atoms with Crippen LogP contribution in [0.2, 0.25) is 0 Å². The molecule has 0 aliphatic rings. The lowest BCUT2D eigenvalue weighted by molar-refractivity contribution is -0.143. The topological polar surface area (TPSA) is 99.0 Å². The summed E-state index contributed by atoms with van der Waals surface area (Å²) in [5.74, 6) is -4.07. The molecule has 3 N–H and O–H groups in total. The van der Waals surface area contributed by atoms with Crippen molar-refractivity contribution in [1.29, 1.82) is 0 Å². The molecule has 0 aliphatic carbocycles. The normalized spacial score (nSPS) is 11.7. The predicted octanol–water partition coefficient (Wildman–Crippen LogP) is 2.66. The number of alkyl halides is 6. The Bertz CT molecular complexity index is 617. The molecule has 0 atom stereocenters. The number of anilines is 1. The number of aliphatic carboxylic acids is 2. The Balaban J connectivity index is 3.34. The average Bonchev–Trinajstić information content (AvgIpc) is 2.35. The molecule has 0 fully saturated rings. The second kappa shape index (κ2) is 6.14. The zero-order valence-electron chi connectivity index (χ0n) is 10.7. The Morgan fingerprint density at radius 3 is 1.57 bits per heavy atom. The van der Waals surface area contributed by atoms with Crippen LogP contribution in [0.25, 0.3) is 0 Å². The molecule has 1 aromatic rings. The van der Waals surface area contributed by atoms with Crippen molar-refractivity contribution >= 4 is 23.3 Å². The van der Waals surface area contributed by atoms with Gasteiger partial charge in [-0.05, 0) is 18.2 Å². The summed E-state index contributed by atoms with van der Waals surface area (Å²) >= 11 is 0. The number of hydrazone groups is 1. The molecule has 0 aliphatic heterocycles. The van der Waals surface area contributed by atoms with Gasteiger partial charge in [0.25, 0.3) is 5.71 Å². The van der Waals surface area contributed by atoms with E-state index < -0.39 is 46.8 Å². The minimum Gasteiger partial charge on any atom is -0.476 e. The third-order valence-electron chi connectivity index (χ3n) is 2.29. The van der Waals surface area contributed by atoms with Gasteiger partial charge in [-0.3, -0.25) is 5.43 Å².